The number of rotatable bonds is 6. The monoisotopic (exact) mass is 536 g/mol. The first-order chi connectivity index (χ1) is 18.4. The largest absolute Gasteiger partial charge is 0.496 e. The Morgan fingerprint density at radius 2 is 1.74 bits per heavy atom. The minimum atomic E-state index is -0.497. The number of alkyl carbamates (subject to hydrolysis) is 1. The van der Waals surface area contributed by atoms with Gasteiger partial charge in [0.05, 0.1) is 19.3 Å². The second-order valence-electron chi connectivity index (χ2n) is 11.6. The molecule has 4 amide bonds. The number of amides is 4. The summed E-state index contributed by atoms with van der Waals surface area (Å²) in [5.41, 5.74) is 4.93. The van der Waals surface area contributed by atoms with E-state index < -0.39 is 11.6 Å². The predicted octanol–water partition coefficient (Wildman–Crippen LogP) is 5.88. The fourth-order valence-electron chi connectivity index (χ4n) is 5.27. The van der Waals surface area contributed by atoms with Crippen LogP contribution in [0.3, 0.4) is 0 Å². The van der Waals surface area contributed by atoms with Crippen LogP contribution in [0.15, 0.2) is 30.3 Å². The Morgan fingerprint density at radius 1 is 1.05 bits per heavy atom. The van der Waals surface area contributed by atoms with E-state index in [-0.39, 0.29) is 30.5 Å². The van der Waals surface area contributed by atoms with Crippen molar-refractivity contribution in [1.82, 2.24) is 10.2 Å². The number of hydrogen-bond donors (Lipinski definition) is 3. The average molecular weight is 537 g/mol. The van der Waals surface area contributed by atoms with E-state index in [4.69, 9.17) is 9.47 Å². The van der Waals surface area contributed by atoms with E-state index in [1.807, 2.05) is 69.9 Å². The summed E-state index contributed by atoms with van der Waals surface area (Å²) in [5.74, 6) is 0.647. The van der Waals surface area contributed by atoms with Gasteiger partial charge < -0.3 is 30.3 Å². The number of fused-ring (bicyclic) bond motifs is 1. The van der Waals surface area contributed by atoms with Gasteiger partial charge in [-0.25, -0.2) is 9.59 Å². The molecule has 9 heteroatoms. The number of aryl methyl sites for hydroxylation is 2. The van der Waals surface area contributed by atoms with Gasteiger partial charge in [0.15, 0.2) is 0 Å². The second-order valence-corrected chi connectivity index (χ2v) is 11.6. The number of ether oxygens (including phenoxy) is 2. The van der Waals surface area contributed by atoms with Gasteiger partial charge in [-0.3, -0.25) is 4.79 Å². The highest BCUT2D eigenvalue weighted by molar-refractivity contribution is 5.94. The topological polar surface area (TPSA) is 109 Å². The van der Waals surface area contributed by atoms with Gasteiger partial charge in [-0.1, -0.05) is 18.2 Å². The van der Waals surface area contributed by atoms with Gasteiger partial charge >= 0.3 is 12.1 Å². The summed E-state index contributed by atoms with van der Waals surface area (Å²) in [6, 6.07) is 9.44. The Kier molecular flexibility index (Phi) is 8.37. The molecule has 39 heavy (non-hydrogen) atoms. The molecule has 0 spiro atoms. The van der Waals surface area contributed by atoms with Crippen molar-refractivity contribution >= 4 is 29.4 Å². The smallest absolute Gasteiger partial charge is 0.407 e. The molecule has 1 aliphatic heterocycles. The first-order valence-corrected chi connectivity index (χ1v) is 13.5. The Morgan fingerprint density at radius 3 is 2.41 bits per heavy atom. The molecular formula is C30H40N4O5. The molecule has 0 atom stereocenters. The zero-order chi connectivity index (χ0) is 28.3. The zero-order valence-electron chi connectivity index (χ0n) is 23.8. The van der Waals surface area contributed by atoms with Gasteiger partial charge in [0, 0.05) is 34.8 Å². The number of anilines is 2. The number of nitrogens with one attached hydrogen (secondary N) is 3. The molecule has 210 valence electrons. The van der Waals surface area contributed by atoms with Crippen LogP contribution in [0.2, 0.25) is 0 Å². The van der Waals surface area contributed by atoms with Crippen LogP contribution in [0, 0.1) is 19.8 Å². The predicted molar refractivity (Wildman–Crippen MR) is 151 cm³/mol. The lowest BCUT2D eigenvalue weighted by atomic mass is 9.84. The Balaban J connectivity index is 1.36. The molecule has 2 aromatic rings. The number of nitrogens with zero attached hydrogens (tertiary/aromatic N) is 1. The van der Waals surface area contributed by atoms with Crippen LogP contribution in [-0.2, 0) is 22.7 Å². The van der Waals surface area contributed by atoms with E-state index in [9.17, 15) is 14.4 Å². The molecular weight excluding hydrogens is 496 g/mol. The maximum atomic E-state index is 13.2. The third-order valence-electron chi connectivity index (χ3n) is 7.47. The van der Waals surface area contributed by atoms with Crippen LogP contribution >= 0.6 is 0 Å². The van der Waals surface area contributed by atoms with Crippen molar-refractivity contribution in [2.45, 2.75) is 85.0 Å². The fraction of sp³-hybridized carbons (Fsp3) is 0.500. The van der Waals surface area contributed by atoms with E-state index in [2.05, 4.69) is 16.0 Å². The van der Waals surface area contributed by atoms with Gasteiger partial charge in [-0.05, 0) is 83.1 Å². The first kappa shape index (κ1) is 28.3. The lowest BCUT2D eigenvalue weighted by molar-refractivity contribution is -0.121. The van der Waals surface area contributed by atoms with Crippen LogP contribution in [0.25, 0.3) is 0 Å². The van der Waals surface area contributed by atoms with Crippen LogP contribution in [0.4, 0.5) is 21.0 Å². The van der Waals surface area contributed by atoms with Crippen LogP contribution in [-0.4, -0.2) is 41.6 Å². The Hall–Kier alpha value is -3.75. The minimum Gasteiger partial charge on any atom is -0.496 e. The number of urea groups is 1. The highest BCUT2D eigenvalue weighted by atomic mass is 16.5. The molecule has 2 aromatic carbocycles. The maximum absolute atomic E-state index is 13.2. The van der Waals surface area contributed by atoms with E-state index in [1.165, 1.54) is 0 Å². The SMILES string of the molecule is COc1cc(NC(=O)C2CCC(N3Cc4c(C)ccc(COC(=O)NC(C)(C)C)c4NC3=O)CC2)ccc1C. The third-order valence-corrected chi connectivity index (χ3v) is 7.47. The molecule has 1 heterocycles. The molecule has 0 unspecified atom stereocenters. The standard InChI is InChI=1S/C30H40N4O5/c1-18-7-9-21(17-39-29(37)33-30(3,4)5)26-24(18)16-34(28(36)32-26)23-13-10-20(11-14-23)27(35)31-22-12-8-19(2)25(15-22)38-6/h7-9,12,15,20,23H,10-11,13-14,16-17H2,1-6H3,(H,31,35)(H,32,36)(H,33,37). The van der Waals surface area contributed by atoms with E-state index >= 15 is 0 Å². The lowest BCUT2D eigenvalue weighted by Gasteiger charge is -2.40. The van der Waals surface area contributed by atoms with Crippen molar-refractivity contribution in [2.75, 3.05) is 17.7 Å². The molecule has 0 radical (unpaired) electrons. The van der Waals surface area contributed by atoms with Gasteiger partial charge in [0.2, 0.25) is 5.91 Å². The summed E-state index contributed by atoms with van der Waals surface area (Å²) < 4.78 is 10.8. The Labute approximate surface area is 230 Å². The number of carbonyl (C=O) groups excluding carboxylic acids is 3. The minimum absolute atomic E-state index is 0.00350. The Bertz CT molecular complexity index is 1240. The molecule has 2 aliphatic rings. The van der Waals surface area contributed by atoms with E-state index in [0.29, 0.717) is 19.4 Å². The van der Waals surface area contributed by atoms with Crippen molar-refractivity contribution in [3.8, 4) is 5.75 Å². The summed E-state index contributed by atoms with van der Waals surface area (Å²) in [6.45, 7) is 10.2. The molecule has 0 bridgehead atoms. The summed E-state index contributed by atoms with van der Waals surface area (Å²) in [4.78, 5) is 40.2. The van der Waals surface area contributed by atoms with Crippen molar-refractivity contribution in [2.24, 2.45) is 5.92 Å². The lowest BCUT2D eigenvalue weighted by Crippen LogP contribution is -2.47. The summed E-state index contributed by atoms with van der Waals surface area (Å²) in [5, 5.41) is 8.86. The molecule has 9 nitrogen and oxygen atoms in total. The summed E-state index contributed by atoms with van der Waals surface area (Å²) in [6.07, 6.45) is 2.44. The molecule has 4 rings (SSSR count). The molecule has 0 aromatic heterocycles. The van der Waals surface area contributed by atoms with Crippen LogP contribution in [0.1, 0.15) is 68.7 Å². The van der Waals surface area contributed by atoms with Crippen molar-refractivity contribution in [1.29, 1.82) is 0 Å². The average Bonchev–Trinajstić information content (AvgIpc) is 2.88. The highest BCUT2D eigenvalue weighted by Crippen LogP contribution is 2.36. The molecule has 3 N–H and O–H groups in total. The van der Waals surface area contributed by atoms with Crippen molar-refractivity contribution in [3.63, 3.8) is 0 Å². The second kappa shape index (κ2) is 11.6. The molecule has 1 saturated carbocycles. The number of methoxy groups -OCH3 is 1. The number of benzene rings is 2. The summed E-state index contributed by atoms with van der Waals surface area (Å²) >= 11 is 0. The summed E-state index contributed by atoms with van der Waals surface area (Å²) in [7, 11) is 1.62. The maximum Gasteiger partial charge on any atom is 0.407 e. The van der Waals surface area contributed by atoms with Crippen molar-refractivity contribution < 1.29 is 23.9 Å². The van der Waals surface area contributed by atoms with Gasteiger partial charge in [0.25, 0.3) is 0 Å². The number of hydrogen-bond acceptors (Lipinski definition) is 5. The third kappa shape index (κ3) is 6.82. The van der Waals surface area contributed by atoms with Gasteiger partial charge in [-0.2, -0.15) is 0 Å². The van der Waals surface area contributed by atoms with E-state index in [1.54, 1.807) is 7.11 Å². The molecule has 1 fully saturated rings. The molecule has 1 aliphatic carbocycles. The van der Waals surface area contributed by atoms with Crippen molar-refractivity contribution in [3.05, 3.63) is 52.6 Å². The van der Waals surface area contributed by atoms with Gasteiger partial charge in [0.1, 0.15) is 12.4 Å². The van der Waals surface area contributed by atoms with Crippen LogP contribution in [0.5, 0.6) is 5.75 Å². The highest BCUT2D eigenvalue weighted by Gasteiger charge is 2.35. The zero-order valence-corrected chi connectivity index (χ0v) is 23.8. The number of carbonyl (C=O) groups is 3. The van der Waals surface area contributed by atoms with Crippen LogP contribution < -0.4 is 20.7 Å². The first-order valence-electron chi connectivity index (χ1n) is 13.5. The van der Waals surface area contributed by atoms with Gasteiger partial charge in [-0.15, -0.1) is 0 Å². The fourth-order valence-corrected chi connectivity index (χ4v) is 5.27. The quantitative estimate of drug-likeness (QED) is 0.427. The normalized spacial score (nSPS) is 19.0. The molecule has 0 saturated heterocycles. The van der Waals surface area contributed by atoms with E-state index in [0.717, 1.165) is 52.2 Å².